The molecule has 0 saturated heterocycles. The lowest BCUT2D eigenvalue weighted by molar-refractivity contribution is 0.231. The first-order valence-electron chi connectivity index (χ1n) is 6.59. The molecule has 0 aliphatic carbocycles. The molecule has 1 atom stereocenters. The summed E-state index contributed by atoms with van der Waals surface area (Å²) >= 11 is 1.41. The minimum atomic E-state index is -0.235. The molecule has 1 aromatic rings. The maximum Gasteiger partial charge on any atom is 0.321 e. The van der Waals surface area contributed by atoms with Crippen molar-refractivity contribution in [1.82, 2.24) is 10.3 Å². The van der Waals surface area contributed by atoms with Crippen LogP contribution in [0.25, 0.3) is 0 Å². The number of aromatic nitrogens is 1. The Bertz CT molecular complexity index is 393. The zero-order valence-corrected chi connectivity index (χ0v) is 12.6. The molecule has 0 saturated carbocycles. The first-order valence-corrected chi connectivity index (χ1v) is 7.47. The predicted octanol–water partition coefficient (Wildman–Crippen LogP) is 2.62. The highest BCUT2D eigenvalue weighted by Crippen LogP contribution is 2.15. The van der Waals surface area contributed by atoms with Crippen LogP contribution in [0.2, 0.25) is 0 Å². The van der Waals surface area contributed by atoms with Gasteiger partial charge in [0.25, 0.3) is 0 Å². The van der Waals surface area contributed by atoms with Crippen LogP contribution in [0.5, 0.6) is 0 Å². The Morgan fingerprint density at radius 1 is 1.53 bits per heavy atom. The molecular weight excluding hydrogens is 262 g/mol. The average molecular weight is 285 g/mol. The van der Waals surface area contributed by atoms with Crippen molar-refractivity contribution in [3.05, 3.63) is 11.1 Å². The van der Waals surface area contributed by atoms with Crippen molar-refractivity contribution in [2.45, 2.75) is 33.6 Å². The Balaban J connectivity index is 2.34. The number of amides is 2. The van der Waals surface area contributed by atoms with E-state index in [0.717, 1.165) is 18.5 Å². The molecule has 3 N–H and O–H groups in total. The van der Waals surface area contributed by atoms with Crippen molar-refractivity contribution >= 4 is 22.5 Å². The van der Waals surface area contributed by atoms with Gasteiger partial charge in [0.1, 0.15) is 0 Å². The molecule has 0 bridgehead atoms. The minimum Gasteiger partial charge on any atom is -0.396 e. The average Bonchev–Trinajstić information content (AvgIpc) is 2.71. The lowest BCUT2D eigenvalue weighted by Gasteiger charge is -2.18. The van der Waals surface area contributed by atoms with E-state index in [1.165, 1.54) is 11.3 Å². The number of nitrogens with one attached hydrogen (secondary N) is 2. The van der Waals surface area contributed by atoms with Crippen LogP contribution in [-0.4, -0.2) is 29.3 Å². The zero-order valence-electron chi connectivity index (χ0n) is 11.8. The summed E-state index contributed by atoms with van der Waals surface area (Å²) in [6, 6.07) is -0.235. The highest BCUT2D eigenvalue weighted by atomic mass is 32.1. The first-order chi connectivity index (χ1) is 9.01. The second kappa shape index (κ2) is 8.12. The van der Waals surface area contributed by atoms with Crippen LogP contribution in [0.3, 0.4) is 0 Å². The third-order valence-electron chi connectivity index (χ3n) is 2.73. The van der Waals surface area contributed by atoms with Crippen LogP contribution in [0.4, 0.5) is 9.93 Å². The summed E-state index contributed by atoms with van der Waals surface area (Å²) in [6.45, 7) is 6.91. The van der Waals surface area contributed by atoms with Crippen molar-refractivity contribution in [2.75, 3.05) is 18.5 Å². The molecule has 5 nitrogen and oxygen atoms in total. The predicted molar refractivity (Wildman–Crippen MR) is 78.5 cm³/mol. The van der Waals surface area contributed by atoms with Crippen molar-refractivity contribution in [2.24, 2.45) is 11.8 Å². The van der Waals surface area contributed by atoms with Crippen LogP contribution in [0.15, 0.2) is 5.38 Å². The number of rotatable bonds is 7. The van der Waals surface area contributed by atoms with E-state index in [4.69, 9.17) is 5.11 Å². The van der Waals surface area contributed by atoms with Gasteiger partial charge in [0.05, 0.1) is 5.69 Å². The van der Waals surface area contributed by atoms with Crippen molar-refractivity contribution in [3.63, 3.8) is 0 Å². The Morgan fingerprint density at radius 2 is 2.26 bits per heavy atom. The number of nitrogens with zero attached hydrogens (tertiary/aromatic N) is 1. The number of aliphatic hydroxyl groups is 1. The largest absolute Gasteiger partial charge is 0.396 e. The molecule has 0 fully saturated rings. The summed E-state index contributed by atoms with van der Waals surface area (Å²) < 4.78 is 0. The first kappa shape index (κ1) is 15.9. The lowest BCUT2D eigenvalue weighted by Crippen LogP contribution is -2.33. The molecule has 108 valence electrons. The van der Waals surface area contributed by atoms with E-state index < -0.39 is 0 Å². The van der Waals surface area contributed by atoms with Gasteiger partial charge in [0.2, 0.25) is 0 Å². The third-order valence-corrected chi connectivity index (χ3v) is 3.61. The summed E-state index contributed by atoms with van der Waals surface area (Å²) in [5.41, 5.74) is 0.901. The molecule has 2 amide bonds. The van der Waals surface area contributed by atoms with Gasteiger partial charge in [-0.05, 0) is 31.6 Å². The molecule has 19 heavy (non-hydrogen) atoms. The number of carbonyl (C=O) groups is 1. The SMILES string of the molecule is Cc1csc(NC(=O)NCC(CCO)CC(C)C)n1. The Hall–Kier alpha value is -1.14. The molecule has 1 rings (SSSR count). The highest BCUT2D eigenvalue weighted by molar-refractivity contribution is 7.13. The topological polar surface area (TPSA) is 74.2 Å². The van der Waals surface area contributed by atoms with Gasteiger partial charge in [-0.3, -0.25) is 5.32 Å². The summed E-state index contributed by atoms with van der Waals surface area (Å²) in [5, 5.41) is 17.1. The fraction of sp³-hybridized carbons (Fsp3) is 0.692. The smallest absolute Gasteiger partial charge is 0.321 e. The van der Waals surface area contributed by atoms with E-state index in [1.807, 2.05) is 12.3 Å². The maximum absolute atomic E-state index is 11.7. The van der Waals surface area contributed by atoms with E-state index in [-0.39, 0.29) is 12.6 Å². The van der Waals surface area contributed by atoms with Gasteiger partial charge in [-0.25, -0.2) is 9.78 Å². The standard InChI is InChI=1S/C13H23N3O2S/c1-9(2)6-11(4-5-17)7-14-12(18)16-13-15-10(3)8-19-13/h8-9,11,17H,4-7H2,1-3H3,(H2,14,15,16,18). The third kappa shape index (κ3) is 6.54. The number of anilines is 1. The molecular formula is C13H23N3O2S. The monoisotopic (exact) mass is 285 g/mol. The van der Waals surface area contributed by atoms with E-state index in [1.54, 1.807) is 0 Å². The van der Waals surface area contributed by atoms with Gasteiger partial charge < -0.3 is 10.4 Å². The fourth-order valence-corrected chi connectivity index (χ4v) is 2.63. The maximum atomic E-state index is 11.7. The van der Waals surface area contributed by atoms with E-state index in [9.17, 15) is 4.79 Å². The van der Waals surface area contributed by atoms with Crippen LogP contribution in [-0.2, 0) is 0 Å². The quantitative estimate of drug-likeness (QED) is 0.721. The Labute approximate surface area is 118 Å². The van der Waals surface area contributed by atoms with Gasteiger partial charge >= 0.3 is 6.03 Å². The highest BCUT2D eigenvalue weighted by Gasteiger charge is 2.12. The van der Waals surface area contributed by atoms with Crippen molar-refractivity contribution < 1.29 is 9.90 Å². The van der Waals surface area contributed by atoms with Crippen LogP contribution in [0, 0.1) is 18.8 Å². The second-order valence-corrected chi connectivity index (χ2v) is 6.00. The zero-order chi connectivity index (χ0) is 14.3. The van der Waals surface area contributed by atoms with Crippen LogP contribution >= 0.6 is 11.3 Å². The van der Waals surface area contributed by atoms with Gasteiger partial charge in [0.15, 0.2) is 5.13 Å². The number of hydrogen-bond donors (Lipinski definition) is 3. The number of aliphatic hydroxyl groups excluding tert-OH is 1. The number of carbonyl (C=O) groups excluding carboxylic acids is 1. The van der Waals surface area contributed by atoms with Gasteiger partial charge in [0, 0.05) is 18.5 Å². The minimum absolute atomic E-state index is 0.159. The van der Waals surface area contributed by atoms with Crippen LogP contribution < -0.4 is 10.6 Å². The fourth-order valence-electron chi connectivity index (χ4n) is 1.94. The normalized spacial score (nSPS) is 12.5. The van der Waals surface area contributed by atoms with Crippen molar-refractivity contribution in [1.29, 1.82) is 0 Å². The van der Waals surface area contributed by atoms with Gasteiger partial charge in [-0.2, -0.15) is 0 Å². The molecule has 1 heterocycles. The molecule has 0 radical (unpaired) electrons. The summed E-state index contributed by atoms with van der Waals surface area (Å²) in [5.74, 6) is 0.872. The van der Waals surface area contributed by atoms with Crippen LogP contribution in [0.1, 0.15) is 32.4 Å². The Kier molecular flexibility index (Phi) is 6.80. The summed E-state index contributed by atoms with van der Waals surface area (Å²) in [7, 11) is 0. The van der Waals surface area contributed by atoms with E-state index >= 15 is 0 Å². The van der Waals surface area contributed by atoms with E-state index in [2.05, 4.69) is 29.5 Å². The number of urea groups is 1. The number of thiazole rings is 1. The number of aryl methyl sites for hydroxylation is 1. The number of hydrogen-bond acceptors (Lipinski definition) is 4. The molecule has 0 aromatic carbocycles. The molecule has 1 unspecified atom stereocenters. The van der Waals surface area contributed by atoms with Gasteiger partial charge in [-0.15, -0.1) is 11.3 Å². The molecule has 0 spiro atoms. The molecule has 1 aromatic heterocycles. The molecule has 6 heteroatoms. The molecule has 0 aliphatic rings. The molecule has 0 aliphatic heterocycles. The lowest BCUT2D eigenvalue weighted by atomic mass is 9.94. The second-order valence-electron chi connectivity index (χ2n) is 5.14. The summed E-state index contributed by atoms with van der Waals surface area (Å²) in [6.07, 6.45) is 1.71. The van der Waals surface area contributed by atoms with E-state index in [0.29, 0.717) is 23.5 Å². The van der Waals surface area contributed by atoms with Crippen molar-refractivity contribution in [3.8, 4) is 0 Å². The summed E-state index contributed by atoms with van der Waals surface area (Å²) in [4.78, 5) is 15.9. The Morgan fingerprint density at radius 3 is 2.79 bits per heavy atom. The van der Waals surface area contributed by atoms with Gasteiger partial charge in [-0.1, -0.05) is 13.8 Å².